The second kappa shape index (κ2) is 5.32. The van der Waals surface area contributed by atoms with E-state index in [-0.39, 0.29) is 5.92 Å². The fourth-order valence-corrected chi connectivity index (χ4v) is 1.47. The molecule has 1 aromatic heterocycles. The van der Waals surface area contributed by atoms with Gasteiger partial charge < -0.3 is 9.73 Å². The fraction of sp³-hybridized carbons (Fsp3) is 0.308. The molecular formula is C13H14N4O. The Balaban J connectivity index is 2.00. The summed E-state index contributed by atoms with van der Waals surface area (Å²) in [6.07, 6.45) is 0. The van der Waals surface area contributed by atoms with Crippen molar-refractivity contribution in [3.05, 3.63) is 41.3 Å². The highest BCUT2D eigenvalue weighted by Gasteiger charge is 2.08. The van der Waals surface area contributed by atoms with Crippen molar-refractivity contribution in [3.63, 3.8) is 0 Å². The summed E-state index contributed by atoms with van der Waals surface area (Å²) in [5, 5.41) is 19.7. The van der Waals surface area contributed by atoms with Gasteiger partial charge in [-0.15, -0.1) is 5.10 Å². The molecule has 18 heavy (non-hydrogen) atoms. The first kappa shape index (κ1) is 12.1. The van der Waals surface area contributed by atoms with Crippen molar-refractivity contribution < 1.29 is 4.42 Å². The van der Waals surface area contributed by atoms with Gasteiger partial charge in [0, 0.05) is 12.5 Å². The van der Waals surface area contributed by atoms with Gasteiger partial charge in [0.15, 0.2) is 0 Å². The first-order valence-electron chi connectivity index (χ1n) is 5.75. The quantitative estimate of drug-likeness (QED) is 0.892. The molecule has 0 aliphatic rings. The van der Waals surface area contributed by atoms with Crippen LogP contribution in [-0.2, 0) is 6.54 Å². The zero-order valence-electron chi connectivity index (χ0n) is 10.3. The average Bonchev–Trinajstić information content (AvgIpc) is 2.85. The van der Waals surface area contributed by atoms with Crippen LogP contribution in [0.5, 0.6) is 0 Å². The third-order valence-corrected chi connectivity index (χ3v) is 2.43. The molecule has 0 radical (unpaired) electrons. The minimum absolute atomic E-state index is 0.218. The lowest BCUT2D eigenvalue weighted by Gasteiger charge is -2.02. The van der Waals surface area contributed by atoms with Gasteiger partial charge in [-0.05, 0) is 17.7 Å². The lowest BCUT2D eigenvalue weighted by Crippen LogP contribution is -1.99. The Kier molecular flexibility index (Phi) is 3.58. The third kappa shape index (κ3) is 2.86. The van der Waals surface area contributed by atoms with Crippen LogP contribution in [0, 0.1) is 11.3 Å². The largest absolute Gasteiger partial charge is 0.408 e. The number of nitrogens with one attached hydrogen (secondary N) is 1. The molecule has 2 rings (SSSR count). The van der Waals surface area contributed by atoms with Gasteiger partial charge in [0.2, 0.25) is 5.89 Å². The topological polar surface area (TPSA) is 74.7 Å². The van der Waals surface area contributed by atoms with Gasteiger partial charge in [-0.3, -0.25) is 0 Å². The predicted octanol–water partition coefficient (Wildman–Crippen LogP) is 2.68. The van der Waals surface area contributed by atoms with Crippen molar-refractivity contribution in [1.82, 2.24) is 10.2 Å². The highest BCUT2D eigenvalue weighted by atomic mass is 16.4. The van der Waals surface area contributed by atoms with Crippen LogP contribution in [0.15, 0.2) is 28.7 Å². The molecule has 0 aliphatic carbocycles. The van der Waals surface area contributed by atoms with Crippen LogP contribution < -0.4 is 5.32 Å². The Labute approximate surface area is 105 Å². The number of hydrogen-bond acceptors (Lipinski definition) is 5. The van der Waals surface area contributed by atoms with Gasteiger partial charge >= 0.3 is 6.01 Å². The summed E-state index contributed by atoms with van der Waals surface area (Å²) in [7, 11) is 0. The van der Waals surface area contributed by atoms with E-state index >= 15 is 0 Å². The predicted molar refractivity (Wildman–Crippen MR) is 66.9 cm³/mol. The summed E-state index contributed by atoms with van der Waals surface area (Å²) in [5.41, 5.74) is 1.64. The van der Waals surface area contributed by atoms with Crippen molar-refractivity contribution in [1.29, 1.82) is 5.26 Å². The maximum atomic E-state index is 8.80. The summed E-state index contributed by atoms with van der Waals surface area (Å²) >= 11 is 0. The fourth-order valence-electron chi connectivity index (χ4n) is 1.47. The van der Waals surface area contributed by atoms with E-state index in [0.717, 1.165) is 5.56 Å². The molecule has 2 aromatic rings. The second-order valence-corrected chi connectivity index (χ2v) is 4.27. The molecule has 0 saturated heterocycles. The molecule has 5 nitrogen and oxygen atoms in total. The average molecular weight is 242 g/mol. The minimum Gasteiger partial charge on any atom is -0.408 e. The standard InChI is InChI=1S/C13H14N4O/c1-9(2)12-16-17-13(18-12)15-8-11-5-3-4-10(6-11)7-14/h3-6,9H,8H2,1-2H3,(H,15,17). The van der Waals surface area contributed by atoms with E-state index in [2.05, 4.69) is 21.6 Å². The van der Waals surface area contributed by atoms with Crippen LogP contribution in [0.3, 0.4) is 0 Å². The maximum Gasteiger partial charge on any atom is 0.315 e. The van der Waals surface area contributed by atoms with Crippen molar-refractivity contribution in [2.24, 2.45) is 0 Å². The number of rotatable bonds is 4. The smallest absolute Gasteiger partial charge is 0.315 e. The van der Waals surface area contributed by atoms with Crippen LogP contribution in [-0.4, -0.2) is 10.2 Å². The van der Waals surface area contributed by atoms with Crippen LogP contribution in [0.25, 0.3) is 0 Å². The summed E-state index contributed by atoms with van der Waals surface area (Å²) in [4.78, 5) is 0. The van der Waals surface area contributed by atoms with Crippen LogP contribution in [0.1, 0.15) is 36.8 Å². The van der Waals surface area contributed by atoms with Crippen LogP contribution in [0.4, 0.5) is 6.01 Å². The molecule has 0 fully saturated rings. The Hall–Kier alpha value is -2.35. The lowest BCUT2D eigenvalue weighted by atomic mass is 10.1. The van der Waals surface area contributed by atoms with E-state index in [4.69, 9.17) is 9.68 Å². The van der Waals surface area contributed by atoms with E-state index in [1.165, 1.54) is 0 Å². The van der Waals surface area contributed by atoms with E-state index in [0.29, 0.717) is 24.0 Å². The molecule has 0 bridgehead atoms. The van der Waals surface area contributed by atoms with Crippen LogP contribution >= 0.6 is 0 Å². The van der Waals surface area contributed by atoms with Gasteiger partial charge in [-0.1, -0.05) is 31.1 Å². The number of anilines is 1. The minimum atomic E-state index is 0.218. The molecule has 0 amide bonds. The first-order chi connectivity index (χ1) is 8.69. The molecule has 0 saturated carbocycles. The number of nitriles is 1. The molecule has 0 aliphatic heterocycles. The second-order valence-electron chi connectivity index (χ2n) is 4.27. The maximum absolute atomic E-state index is 8.80. The summed E-state index contributed by atoms with van der Waals surface area (Å²) in [6, 6.07) is 9.89. The molecule has 5 heteroatoms. The third-order valence-electron chi connectivity index (χ3n) is 2.43. The number of aromatic nitrogens is 2. The highest BCUT2D eigenvalue weighted by molar-refractivity contribution is 5.34. The summed E-state index contributed by atoms with van der Waals surface area (Å²) < 4.78 is 5.43. The van der Waals surface area contributed by atoms with E-state index in [9.17, 15) is 0 Å². The first-order valence-corrected chi connectivity index (χ1v) is 5.75. The Morgan fingerprint density at radius 1 is 1.39 bits per heavy atom. The highest BCUT2D eigenvalue weighted by Crippen LogP contribution is 2.15. The Bertz CT molecular complexity index is 568. The molecule has 0 atom stereocenters. The molecule has 0 spiro atoms. The van der Waals surface area contributed by atoms with Crippen molar-refractivity contribution in [2.75, 3.05) is 5.32 Å². The van der Waals surface area contributed by atoms with Gasteiger partial charge in [-0.2, -0.15) is 5.26 Å². The zero-order chi connectivity index (χ0) is 13.0. The molecule has 1 N–H and O–H groups in total. The molecule has 92 valence electrons. The zero-order valence-corrected chi connectivity index (χ0v) is 10.3. The van der Waals surface area contributed by atoms with Gasteiger partial charge in [-0.25, -0.2) is 0 Å². The molecular weight excluding hydrogens is 228 g/mol. The van der Waals surface area contributed by atoms with E-state index in [1.807, 2.05) is 32.0 Å². The lowest BCUT2D eigenvalue weighted by molar-refractivity contribution is 0.480. The number of benzene rings is 1. The van der Waals surface area contributed by atoms with Gasteiger partial charge in [0.05, 0.1) is 11.6 Å². The van der Waals surface area contributed by atoms with Crippen molar-refractivity contribution in [3.8, 4) is 6.07 Å². The Morgan fingerprint density at radius 3 is 2.89 bits per heavy atom. The van der Waals surface area contributed by atoms with Crippen LogP contribution in [0.2, 0.25) is 0 Å². The normalized spacial score (nSPS) is 10.3. The molecule has 1 aromatic carbocycles. The van der Waals surface area contributed by atoms with Crippen molar-refractivity contribution >= 4 is 6.01 Å². The molecule has 0 unspecified atom stereocenters. The van der Waals surface area contributed by atoms with E-state index in [1.54, 1.807) is 6.07 Å². The summed E-state index contributed by atoms with van der Waals surface area (Å²) in [5.74, 6) is 0.832. The summed E-state index contributed by atoms with van der Waals surface area (Å²) in [6.45, 7) is 4.54. The van der Waals surface area contributed by atoms with Gasteiger partial charge in [0.25, 0.3) is 0 Å². The number of hydrogen-bond donors (Lipinski definition) is 1. The molecule has 1 heterocycles. The number of nitrogens with zero attached hydrogens (tertiary/aromatic N) is 3. The van der Waals surface area contributed by atoms with E-state index < -0.39 is 0 Å². The Morgan fingerprint density at radius 2 is 2.22 bits per heavy atom. The SMILES string of the molecule is CC(C)c1nnc(NCc2cccc(C#N)c2)o1. The monoisotopic (exact) mass is 242 g/mol. The van der Waals surface area contributed by atoms with Gasteiger partial charge in [0.1, 0.15) is 0 Å². The van der Waals surface area contributed by atoms with Crippen molar-refractivity contribution in [2.45, 2.75) is 26.3 Å².